The molecule has 1 saturated heterocycles. The van der Waals surface area contributed by atoms with Crippen LogP contribution in [0, 0.1) is 11.8 Å². The lowest BCUT2D eigenvalue weighted by Gasteiger charge is -2.45. The van der Waals surface area contributed by atoms with Crippen molar-refractivity contribution < 1.29 is 9.53 Å². The number of halogens is 1. The number of nitrogens with zero attached hydrogens (tertiary/aromatic N) is 1. The number of allylic oxidation sites excluding steroid dienone is 2. The van der Waals surface area contributed by atoms with Crippen molar-refractivity contribution in [2.24, 2.45) is 11.8 Å². The van der Waals surface area contributed by atoms with Crippen molar-refractivity contribution in [1.82, 2.24) is 4.90 Å². The molecule has 3 aromatic rings. The van der Waals surface area contributed by atoms with Crippen molar-refractivity contribution in [2.75, 3.05) is 13.7 Å². The maximum Gasteiger partial charge on any atom is 0.227 e. The molecule has 1 fully saturated rings. The predicted octanol–water partition coefficient (Wildman–Crippen LogP) is 6.45. The molecule has 2 aliphatic rings. The number of ether oxygens (including phenoxy) is 1. The molecular weight excluding hydrogens is 430 g/mol. The summed E-state index contributed by atoms with van der Waals surface area (Å²) in [6, 6.07) is 26.6. The highest BCUT2D eigenvalue weighted by atomic mass is 35.5. The van der Waals surface area contributed by atoms with E-state index in [0.29, 0.717) is 11.6 Å². The van der Waals surface area contributed by atoms with Crippen LogP contribution in [0.1, 0.15) is 34.9 Å². The SMILES string of the molecule is COc1ccc(CN2CC[C@H]3C=C[C@@H](c4ccccc4)[C@@H](c4ccc(Cl)cc4)[C@@H]3C2=O)cc1. The number of amides is 1. The molecule has 4 heteroatoms. The van der Waals surface area contributed by atoms with Gasteiger partial charge in [-0.15, -0.1) is 0 Å². The van der Waals surface area contributed by atoms with E-state index >= 15 is 0 Å². The summed E-state index contributed by atoms with van der Waals surface area (Å²) in [7, 11) is 1.67. The van der Waals surface area contributed by atoms with Crippen molar-refractivity contribution >= 4 is 17.5 Å². The molecule has 0 saturated carbocycles. The summed E-state index contributed by atoms with van der Waals surface area (Å²) in [5.41, 5.74) is 3.54. The minimum absolute atomic E-state index is 0.0748. The molecule has 3 aromatic carbocycles. The Morgan fingerprint density at radius 3 is 2.30 bits per heavy atom. The standard InChI is InChI=1S/C29H28ClNO2/c1-33-25-14-7-20(8-15-25)19-31-18-17-23-11-16-26(21-5-3-2-4-6-21)27(28(23)29(31)32)22-9-12-24(30)13-10-22/h2-16,23,26-28H,17-19H2,1H3/t23-,26+,27-,28-/m1/s1. The van der Waals surface area contributed by atoms with E-state index in [1.54, 1.807) is 7.11 Å². The molecule has 1 amide bonds. The maximum atomic E-state index is 14.0. The van der Waals surface area contributed by atoms with Gasteiger partial charge in [0, 0.05) is 29.9 Å². The van der Waals surface area contributed by atoms with Gasteiger partial charge in [0.25, 0.3) is 0 Å². The molecule has 5 rings (SSSR count). The topological polar surface area (TPSA) is 29.5 Å². The lowest BCUT2D eigenvalue weighted by Crippen LogP contribution is -2.49. The fraction of sp³-hybridized carbons (Fsp3) is 0.276. The van der Waals surface area contributed by atoms with Crippen molar-refractivity contribution in [3.63, 3.8) is 0 Å². The molecule has 0 unspecified atom stereocenters. The summed E-state index contributed by atoms with van der Waals surface area (Å²) in [6.45, 7) is 1.40. The van der Waals surface area contributed by atoms with Crippen molar-refractivity contribution in [1.29, 1.82) is 0 Å². The van der Waals surface area contributed by atoms with Crippen LogP contribution in [0.3, 0.4) is 0 Å². The van der Waals surface area contributed by atoms with Gasteiger partial charge in [0.05, 0.1) is 13.0 Å². The number of hydrogen-bond donors (Lipinski definition) is 0. The summed E-state index contributed by atoms with van der Waals surface area (Å²) in [4.78, 5) is 16.0. The van der Waals surface area contributed by atoms with Crippen molar-refractivity contribution in [3.05, 3.63) is 113 Å². The second kappa shape index (κ2) is 9.44. The van der Waals surface area contributed by atoms with E-state index in [1.165, 1.54) is 11.1 Å². The zero-order valence-electron chi connectivity index (χ0n) is 18.7. The van der Waals surface area contributed by atoms with Gasteiger partial charge in [-0.1, -0.05) is 78.4 Å². The molecule has 1 aliphatic carbocycles. The molecule has 1 heterocycles. The maximum absolute atomic E-state index is 14.0. The Hall–Kier alpha value is -3.04. The van der Waals surface area contributed by atoms with E-state index in [9.17, 15) is 4.79 Å². The number of benzene rings is 3. The number of piperidine rings is 1. The second-order valence-corrected chi connectivity index (χ2v) is 9.42. The van der Waals surface area contributed by atoms with Crippen LogP contribution in [0.15, 0.2) is 91.0 Å². The third-order valence-electron chi connectivity index (χ3n) is 7.10. The Labute approximate surface area is 200 Å². The van der Waals surface area contributed by atoms with E-state index in [1.807, 2.05) is 47.4 Å². The first kappa shape index (κ1) is 21.8. The predicted molar refractivity (Wildman–Crippen MR) is 133 cm³/mol. The molecule has 168 valence electrons. The summed E-state index contributed by atoms with van der Waals surface area (Å²) in [6.07, 6.45) is 5.59. The fourth-order valence-electron chi connectivity index (χ4n) is 5.43. The third-order valence-corrected chi connectivity index (χ3v) is 7.35. The molecule has 33 heavy (non-hydrogen) atoms. The molecule has 0 bridgehead atoms. The molecule has 0 N–H and O–H groups in total. The van der Waals surface area contributed by atoms with E-state index in [2.05, 4.69) is 48.6 Å². The van der Waals surface area contributed by atoms with Crippen LogP contribution in [0.25, 0.3) is 0 Å². The molecule has 1 aliphatic heterocycles. The largest absolute Gasteiger partial charge is 0.497 e. The van der Waals surface area contributed by atoms with Gasteiger partial charge >= 0.3 is 0 Å². The van der Waals surface area contributed by atoms with Gasteiger partial charge in [0.15, 0.2) is 0 Å². The van der Waals surface area contributed by atoms with Crippen molar-refractivity contribution in [3.8, 4) is 5.75 Å². The normalized spacial score (nSPS) is 24.4. The van der Waals surface area contributed by atoms with E-state index in [4.69, 9.17) is 16.3 Å². The number of likely N-dealkylation sites (tertiary alicyclic amines) is 1. The van der Waals surface area contributed by atoms with Gasteiger partial charge in [0.2, 0.25) is 5.91 Å². The summed E-state index contributed by atoms with van der Waals surface area (Å²) in [5.74, 6) is 1.46. The molecule has 3 nitrogen and oxygen atoms in total. The van der Waals surface area contributed by atoms with Crippen LogP contribution in [-0.4, -0.2) is 24.5 Å². The van der Waals surface area contributed by atoms with Gasteiger partial charge in [0.1, 0.15) is 5.75 Å². The molecule has 0 spiro atoms. The Kier molecular flexibility index (Phi) is 6.24. The zero-order chi connectivity index (χ0) is 22.8. The Morgan fingerprint density at radius 1 is 0.879 bits per heavy atom. The smallest absolute Gasteiger partial charge is 0.227 e. The van der Waals surface area contributed by atoms with Crippen LogP contribution in [0.4, 0.5) is 0 Å². The minimum atomic E-state index is -0.0895. The molecule has 0 aromatic heterocycles. The van der Waals surface area contributed by atoms with Crippen molar-refractivity contribution in [2.45, 2.75) is 24.8 Å². The number of carbonyl (C=O) groups is 1. The Bertz CT molecular complexity index is 1120. The fourth-order valence-corrected chi connectivity index (χ4v) is 5.56. The summed E-state index contributed by atoms with van der Waals surface area (Å²) in [5, 5.41) is 0.717. The monoisotopic (exact) mass is 457 g/mol. The van der Waals surface area contributed by atoms with Gasteiger partial charge < -0.3 is 9.64 Å². The van der Waals surface area contributed by atoms with Gasteiger partial charge in [-0.05, 0) is 53.3 Å². The van der Waals surface area contributed by atoms with Crippen LogP contribution < -0.4 is 4.74 Å². The molecule has 0 radical (unpaired) electrons. The first-order valence-electron chi connectivity index (χ1n) is 11.5. The number of carbonyl (C=O) groups excluding carboxylic acids is 1. The Balaban J connectivity index is 1.49. The Morgan fingerprint density at radius 2 is 1.61 bits per heavy atom. The minimum Gasteiger partial charge on any atom is -0.497 e. The van der Waals surface area contributed by atoms with Gasteiger partial charge in [-0.3, -0.25) is 4.79 Å². The average molecular weight is 458 g/mol. The summed E-state index contributed by atoms with van der Waals surface area (Å²) >= 11 is 6.21. The lowest BCUT2D eigenvalue weighted by molar-refractivity contribution is -0.142. The quantitative estimate of drug-likeness (QED) is 0.412. The number of rotatable bonds is 5. The number of methoxy groups -OCH3 is 1. The third kappa shape index (κ3) is 4.43. The number of hydrogen-bond acceptors (Lipinski definition) is 2. The molecule has 4 atom stereocenters. The first-order valence-corrected chi connectivity index (χ1v) is 11.9. The van der Waals surface area contributed by atoms with Crippen LogP contribution >= 0.6 is 11.6 Å². The lowest BCUT2D eigenvalue weighted by atomic mass is 9.63. The second-order valence-electron chi connectivity index (χ2n) is 8.98. The van der Waals surface area contributed by atoms with E-state index < -0.39 is 0 Å². The zero-order valence-corrected chi connectivity index (χ0v) is 19.5. The van der Waals surface area contributed by atoms with Crippen LogP contribution in [0.5, 0.6) is 5.75 Å². The highest BCUT2D eigenvalue weighted by Gasteiger charge is 2.46. The van der Waals surface area contributed by atoms with Crippen LogP contribution in [-0.2, 0) is 11.3 Å². The van der Waals surface area contributed by atoms with E-state index in [0.717, 1.165) is 24.3 Å². The highest BCUT2D eigenvalue weighted by molar-refractivity contribution is 6.30. The first-order chi connectivity index (χ1) is 16.1. The number of fused-ring (bicyclic) bond motifs is 1. The average Bonchev–Trinajstić information content (AvgIpc) is 2.86. The summed E-state index contributed by atoms with van der Waals surface area (Å²) < 4.78 is 5.28. The van der Waals surface area contributed by atoms with Gasteiger partial charge in [-0.25, -0.2) is 0 Å². The highest BCUT2D eigenvalue weighted by Crippen LogP contribution is 2.49. The van der Waals surface area contributed by atoms with E-state index in [-0.39, 0.29) is 29.6 Å². The van der Waals surface area contributed by atoms with Gasteiger partial charge in [-0.2, -0.15) is 0 Å². The molecular formula is C29H28ClNO2. The van der Waals surface area contributed by atoms with Crippen LogP contribution in [0.2, 0.25) is 5.02 Å².